The second-order valence-corrected chi connectivity index (χ2v) is 8.75. The minimum absolute atomic E-state index is 0.0798. The Bertz CT molecular complexity index is 1530. The monoisotopic (exact) mass is 527 g/mol. The van der Waals surface area contributed by atoms with Gasteiger partial charge in [0, 0.05) is 29.0 Å². The van der Waals surface area contributed by atoms with Crippen molar-refractivity contribution in [2.24, 2.45) is 0 Å². The topological polar surface area (TPSA) is 91.0 Å². The molecule has 4 aromatic rings. The molecule has 0 fully saturated rings. The number of anilines is 2. The highest BCUT2D eigenvalue weighted by atomic mass is 19.3. The fraction of sp³-hybridized carbons (Fsp3) is 0.200. The number of nitrogens with zero attached hydrogens (tertiary/aromatic N) is 4. The first-order valence-electron chi connectivity index (χ1n) is 12.5. The molecule has 1 aliphatic heterocycles. The van der Waals surface area contributed by atoms with Gasteiger partial charge in [0.2, 0.25) is 0 Å². The average molecular weight is 528 g/mol. The maximum Gasteiger partial charge on any atom is 0.298 e. The number of hydrogen-bond acceptors (Lipinski definition) is 4. The van der Waals surface area contributed by atoms with Crippen molar-refractivity contribution in [1.82, 2.24) is 9.78 Å². The molecule has 2 amide bonds. The number of hydrogen-bond donors (Lipinski definition) is 1. The van der Waals surface area contributed by atoms with Gasteiger partial charge in [-0.1, -0.05) is 62.4 Å². The third-order valence-corrected chi connectivity index (χ3v) is 6.28. The summed E-state index contributed by atoms with van der Waals surface area (Å²) in [7, 11) is 0. The van der Waals surface area contributed by atoms with E-state index in [9.17, 15) is 18.4 Å². The molecule has 9 heteroatoms. The van der Waals surface area contributed by atoms with Gasteiger partial charge in [-0.15, -0.1) is 0 Å². The molecule has 3 aromatic carbocycles. The van der Waals surface area contributed by atoms with Gasteiger partial charge < -0.3 is 10.2 Å². The number of benzene rings is 3. The van der Waals surface area contributed by atoms with Crippen molar-refractivity contribution < 1.29 is 18.4 Å². The van der Waals surface area contributed by atoms with Crippen LogP contribution in [0.4, 0.5) is 20.2 Å². The van der Waals surface area contributed by atoms with Gasteiger partial charge in [-0.25, -0.2) is 0 Å². The second-order valence-electron chi connectivity index (χ2n) is 8.75. The predicted octanol–water partition coefficient (Wildman–Crippen LogP) is 6.39. The fourth-order valence-corrected chi connectivity index (χ4v) is 4.38. The molecular formula is C30H27F2N5O2. The average Bonchev–Trinajstić information content (AvgIpc) is 3.43. The molecule has 1 aromatic heterocycles. The van der Waals surface area contributed by atoms with Crippen LogP contribution in [0.5, 0.6) is 0 Å². The molecule has 198 valence electrons. The summed E-state index contributed by atoms with van der Waals surface area (Å²) in [6, 6.07) is 21.3. The first-order valence-corrected chi connectivity index (χ1v) is 12.5. The Morgan fingerprint density at radius 3 is 2.36 bits per heavy atom. The zero-order chi connectivity index (χ0) is 28.2. The number of carbonyl (C=O) groups excluding carboxylic acids is 2. The highest BCUT2D eigenvalue weighted by Gasteiger charge is 2.37. The summed E-state index contributed by atoms with van der Waals surface area (Å²) in [4.78, 5) is 28.0. The van der Waals surface area contributed by atoms with E-state index in [0.29, 0.717) is 16.9 Å². The van der Waals surface area contributed by atoms with E-state index in [2.05, 4.69) is 10.4 Å². The third-order valence-electron chi connectivity index (χ3n) is 6.28. The molecule has 0 radical (unpaired) electrons. The summed E-state index contributed by atoms with van der Waals surface area (Å²) in [6.07, 6.45) is 1.33. The molecular weight excluding hydrogens is 500 g/mol. The fourth-order valence-electron chi connectivity index (χ4n) is 4.38. The van der Waals surface area contributed by atoms with Crippen molar-refractivity contribution >= 4 is 23.2 Å². The normalized spacial score (nSPS) is 14.5. The van der Waals surface area contributed by atoms with Crippen LogP contribution in [0.3, 0.4) is 0 Å². The van der Waals surface area contributed by atoms with E-state index in [-0.39, 0.29) is 35.0 Å². The lowest BCUT2D eigenvalue weighted by molar-refractivity contribution is 0.0428. The summed E-state index contributed by atoms with van der Waals surface area (Å²) in [6.45, 7) is 6.11. The predicted molar refractivity (Wildman–Crippen MR) is 145 cm³/mol. The lowest BCUT2D eigenvalue weighted by Gasteiger charge is -2.32. The lowest BCUT2D eigenvalue weighted by atomic mass is 10.00. The van der Waals surface area contributed by atoms with Crippen LogP contribution < -0.4 is 10.2 Å². The van der Waals surface area contributed by atoms with Crippen LogP contribution in [-0.2, 0) is 5.92 Å². The van der Waals surface area contributed by atoms with Gasteiger partial charge in [0.1, 0.15) is 5.69 Å². The van der Waals surface area contributed by atoms with E-state index in [4.69, 9.17) is 5.26 Å². The Balaban J connectivity index is 0.00000172. The maximum atomic E-state index is 15.0. The van der Waals surface area contributed by atoms with Crippen LogP contribution in [0.2, 0.25) is 0 Å². The van der Waals surface area contributed by atoms with Gasteiger partial charge in [-0.3, -0.25) is 14.3 Å². The van der Waals surface area contributed by atoms with Crippen LogP contribution >= 0.6 is 0 Å². The number of halogens is 2. The number of amides is 2. The summed E-state index contributed by atoms with van der Waals surface area (Å²) >= 11 is 0. The minimum atomic E-state index is -3.19. The van der Waals surface area contributed by atoms with Crippen molar-refractivity contribution in [3.8, 4) is 6.07 Å². The molecule has 0 saturated heterocycles. The van der Waals surface area contributed by atoms with Gasteiger partial charge >= 0.3 is 0 Å². The molecule has 0 bridgehead atoms. The Kier molecular flexibility index (Phi) is 7.86. The number of alkyl halides is 2. The highest BCUT2D eigenvalue weighted by molar-refractivity contribution is 6.15. The van der Waals surface area contributed by atoms with E-state index >= 15 is 0 Å². The minimum Gasteiger partial charge on any atom is -0.322 e. The number of aromatic nitrogens is 2. The summed E-state index contributed by atoms with van der Waals surface area (Å²) in [5, 5.41) is 16.0. The van der Waals surface area contributed by atoms with E-state index in [1.807, 2.05) is 26.8 Å². The quantitative estimate of drug-likeness (QED) is 0.325. The maximum absolute atomic E-state index is 15.0. The SMILES string of the molecule is CC.CC1CN(c2ccc(C(F)(F)c3ccccc3)cc2)C(=O)c2c(C(=O)Nc3cccc(C#N)c3)cnn21. The smallest absolute Gasteiger partial charge is 0.298 e. The number of nitrogens with one attached hydrogen (secondary N) is 1. The first-order chi connectivity index (χ1) is 18.8. The van der Waals surface area contributed by atoms with Crippen LogP contribution in [0.25, 0.3) is 0 Å². The Morgan fingerprint density at radius 1 is 1.03 bits per heavy atom. The summed E-state index contributed by atoms with van der Waals surface area (Å²) in [5.41, 5.74) is 1.10. The molecule has 1 N–H and O–H groups in total. The van der Waals surface area contributed by atoms with E-state index in [1.165, 1.54) is 58.2 Å². The highest BCUT2D eigenvalue weighted by Crippen LogP contribution is 2.37. The van der Waals surface area contributed by atoms with Crippen LogP contribution in [0.15, 0.2) is 85.1 Å². The van der Waals surface area contributed by atoms with Crippen molar-refractivity contribution in [2.75, 3.05) is 16.8 Å². The van der Waals surface area contributed by atoms with E-state index in [0.717, 1.165) is 0 Å². The van der Waals surface area contributed by atoms with E-state index < -0.39 is 17.7 Å². The summed E-state index contributed by atoms with van der Waals surface area (Å²) < 4.78 is 31.4. The zero-order valence-electron chi connectivity index (χ0n) is 21.7. The number of carbonyl (C=O) groups is 2. The molecule has 1 aliphatic rings. The molecule has 0 aliphatic carbocycles. The van der Waals surface area contributed by atoms with Gasteiger partial charge in [-0.2, -0.15) is 19.1 Å². The zero-order valence-corrected chi connectivity index (χ0v) is 21.7. The molecule has 1 atom stereocenters. The van der Waals surface area contributed by atoms with Crippen molar-refractivity contribution in [1.29, 1.82) is 5.26 Å². The number of rotatable bonds is 5. The molecule has 1 unspecified atom stereocenters. The third kappa shape index (κ3) is 5.27. The van der Waals surface area contributed by atoms with Crippen molar-refractivity contribution in [3.05, 3.63) is 113 Å². The van der Waals surface area contributed by atoms with Crippen LogP contribution in [0.1, 0.15) is 64.3 Å². The largest absolute Gasteiger partial charge is 0.322 e. The molecule has 7 nitrogen and oxygen atoms in total. The van der Waals surface area contributed by atoms with Crippen molar-refractivity contribution in [3.63, 3.8) is 0 Å². The molecule has 5 rings (SSSR count). The first kappa shape index (κ1) is 27.2. The molecule has 39 heavy (non-hydrogen) atoms. The molecule has 0 spiro atoms. The van der Waals surface area contributed by atoms with E-state index in [1.54, 1.807) is 36.4 Å². The Labute approximate surface area is 225 Å². The van der Waals surface area contributed by atoms with Gasteiger partial charge in [0.15, 0.2) is 0 Å². The Morgan fingerprint density at radius 2 is 1.69 bits per heavy atom. The summed E-state index contributed by atoms with van der Waals surface area (Å²) in [5.74, 6) is -4.20. The van der Waals surface area contributed by atoms with Crippen molar-refractivity contribution in [2.45, 2.75) is 32.7 Å². The van der Waals surface area contributed by atoms with Gasteiger partial charge in [-0.05, 0) is 37.3 Å². The number of nitriles is 1. The standard InChI is InChI=1S/C28H21F2N5O2.C2H6/c1-18-17-34(23-12-10-21(11-13-23)28(29,30)20-7-3-2-4-8-20)27(37)25-24(16-32-35(18)25)26(36)33-22-9-5-6-19(14-22)15-31;1-2/h2-14,16,18H,17H2,1H3,(H,33,36);1-2H3. The van der Waals surface area contributed by atoms with Gasteiger partial charge in [0.25, 0.3) is 17.7 Å². The van der Waals surface area contributed by atoms with Crippen LogP contribution in [0, 0.1) is 11.3 Å². The second kappa shape index (κ2) is 11.3. The van der Waals surface area contributed by atoms with Gasteiger partial charge in [0.05, 0.1) is 29.4 Å². The molecule has 0 saturated carbocycles. The molecule has 2 heterocycles. The lowest BCUT2D eigenvalue weighted by Crippen LogP contribution is -2.43. The van der Waals surface area contributed by atoms with Crippen LogP contribution in [-0.4, -0.2) is 28.1 Å². The Hall–Kier alpha value is -4.84. The number of fused-ring (bicyclic) bond motifs is 1.